The van der Waals surface area contributed by atoms with Crippen molar-refractivity contribution in [3.05, 3.63) is 0 Å². The number of nitrogens with two attached hydrogens (primary N) is 2. The molecule has 0 unspecified atom stereocenters. The van der Waals surface area contributed by atoms with E-state index in [4.69, 9.17) is 11.5 Å². The molecule has 0 aromatic heterocycles. The number of rotatable bonds is 6. The van der Waals surface area contributed by atoms with Crippen molar-refractivity contribution in [3.63, 3.8) is 0 Å². The summed E-state index contributed by atoms with van der Waals surface area (Å²) in [5.74, 6) is 0.878. The van der Waals surface area contributed by atoms with Gasteiger partial charge in [-0.1, -0.05) is 26.2 Å². The molecule has 0 saturated carbocycles. The first kappa shape index (κ1) is 19.9. The van der Waals surface area contributed by atoms with Crippen LogP contribution in [-0.4, -0.2) is 24.2 Å². The molecule has 5 N–H and O–H groups in total. The van der Waals surface area contributed by atoms with Crippen LogP contribution < -0.4 is 16.8 Å². The Morgan fingerprint density at radius 2 is 1.40 bits per heavy atom. The molecule has 0 aliphatic carbocycles. The van der Waals surface area contributed by atoms with Gasteiger partial charge in [0.05, 0.1) is 0 Å². The Labute approximate surface area is 127 Å². The lowest BCUT2D eigenvalue weighted by atomic mass is 9.74. The van der Waals surface area contributed by atoms with Crippen molar-refractivity contribution in [2.75, 3.05) is 13.1 Å². The maximum atomic E-state index is 5.54. The molecular weight excluding hydrogens is 246 g/mol. The molecule has 1 saturated heterocycles. The van der Waals surface area contributed by atoms with Gasteiger partial charge in [-0.2, -0.15) is 0 Å². The molecule has 0 aromatic rings. The quantitative estimate of drug-likeness (QED) is 0.655. The van der Waals surface area contributed by atoms with E-state index in [-0.39, 0.29) is 0 Å². The Morgan fingerprint density at radius 1 is 0.900 bits per heavy atom. The first-order chi connectivity index (χ1) is 9.26. The maximum absolute atomic E-state index is 5.54. The molecular formula is C17H39N3. The minimum Gasteiger partial charge on any atom is -0.330 e. The largest absolute Gasteiger partial charge is 0.330 e. The molecule has 1 fully saturated rings. The summed E-state index contributed by atoms with van der Waals surface area (Å²) in [5.41, 5.74) is 11.3. The molecule has 1 aliphatic heterocycles. The highest BCUT2D eigenvalue weighted by molar-refractivity contribution is 4.96. The van der Waals surface area contributed by atoms with E-state index in [0.717, 1.165) is 19.0 Å². The second-order valence-corrected chi connectivity index (χ2v) is 7.59. The molecule has 1 rings (SSSR count). The summed E-state index contributed by atoms with van der Waals surface area (Å²) in [4.78, 5) is 0. The molecule has 0 amide bonds. The van der Waals surface area contributed by atoms with Crippen molar-refractivity contribution < 1.29 is 0 Å². The average Bonchev–Trinajstić information content (AvgIpc) is 2.27. The maximum Gasteiger partial charge on any atom is 0.0132 e. The minimum atomic E-state index is 0.301. The Morgan fingerprint density at radius 3 is 1.75 bits per heavy atom. The third-order valence-corrected chi connectivity index (χ3v) is 3.90. The van der Waals surface area contributed by atoms with Gasteiger partial charge in [-0.25, -0.2) is 0 Å². The van der Waals surface area contributed by atoms with Crippen molar-refractivity contribution in [2.24, 2.45) is 17.4 Å². The molecule has 0 aromatic carbocycles. The van der Waals surface area contributed by atoms with Gasteiger partial charge in [0.2, 0.25) is 0 Å². The van der Waals surface area contributed by atoms with Crippen molar-refractivity contribution in [1.82, 2.24) is 5.32 Å². The number of nitrogens with one attached hydrogen (secondary N) is 1. The predicted molar refractivity (Wildman–Crippen MR) is 90.9 cm³/mol. The topological polar surface area (TPSA) is 64.1 Å². The molecule has 20 heavy (non-hydrogen) atoms. The van der Waals surface area contributed by atoms with Crippen LogP contribution in [0, 0.1) is 5.92 Å². The van der Waals surface area contributed by atoms with E-state index in [0.29, 0.717) is 11.1 Å². The second-order valence-electron chi connectivity index (χ2n) is 7.59. The lowest BCUT2D eigenvalue weighted by Crippen LogP contribution is -2.57. The monoisotopic (exact) mass is 285 g/mol. The molecule has 122 valence electrons. The number of unbranched alkanes of at least 4 members (excludes halogenated alkanes) is 2. The summed E-state index contributed by atoms with van der Waals surface area (Å²) >= 11 is 0. The van der Waals surface area contributed by atoms with E-state index in [1.807, 2.05) is 0 Å². The van der Waals surface area contributed by atoms with Gasteiger partial charge in [0, 0.05) is 11.1 Å². The fraction of sp³-hybridized carbons (Fsp3) is 1.00. The van der Waals surface area contributed by atoms with Gasteiger partial charge in [-0.05, 0) is 72.4 Å². The Balaban J connectivity index is 0.000000621. The summed E-state index contributed by atoms with van der Waals surface area (Å²) in [6.45, 7) is 13.1. The summed E-state index contributed by atoms with van der Waals surface area (Å²) in [6, 6.07) is 0. The van der Waals surface area contributed by atoms with Crippen LogP contribution in [0.25, 0.3) is 0 Å². The number of piperidine rings is 1. The SMILES string of the molecule is CC1(C)CC(CCCCN)CC(C)(C)N1.CCCCN. The highest BCUT2D eigenvalue weighted by Gasteiger charge is 2.36. The predicted octanol–water partition coefficient (Wildman–Crippen LogP) is 3.42. The molecule has 0 spiro atoms. The smallest absolute Gasteiger partial charge is 0.0132 e. The lowest BCUT2D eigenvalue weighted by molar-refractivity contribution is 0.122. The van der Waals surface area contributed by atoms with E-state index in [9.17, 15) is 0 Å². The van der Waals surface area contributed by atoms with Crippen molar-refractivity contribution in [1.29, 1.82) is 0 Å². The van der Waals surface area contributed by atoms with Gasteiger partial charge in [0.15, 0.2) is 0 Å². The highest BCUT2D eigenvalue weighted by Crippen LogP contribution is 2.35. The molecule has 1 aliphatic rings. The first-order valence-corrected chi connectivity index (χ1v) is 8.46. The molecule has 3 heteroatoms. The first-order valence-electron chi connectivity index (χ1n) is 8.46. The number of hydrogen-bond donors (Lipinski definition) is 3. The second kappa shape index (κ2) is 9.75. The Bertz CT molecular complexity index is 218. The zero-order valence-electron chi connectivity index (χ0n) is 14.6. The molecule has 0 bridgehead atoms. The van der Waals surface area contributed by atoms with Crippen molar-refractivity contribution in [2.45, 2.75) is 90.6 Å². The fourth-order valence-corrected chi connectivity index (χ4v) is 3.52. The normalized spacial score (nSPS) is 21.1. The summed E-state index contributed by atoms with van der Waals surface area (Å²) < 4.78 is 0. The van der Waals surface area contributed by atoms with Crippen LogP contribution >= 0.6 is 0 Å². The summed E-state index contributed by atoms with van der Waals surface area (Å²) in [5, 5.41) is 3.73. The summed E-state index contributed by atoms with van der Waals surface area (Å²) in [6.07, 6.45) is 8.84. The van der Waals surface area contributed by atoms with E-state index in [1.54, 1.807) is 0 Å². The number of hydrogen-bond acceptors (Lipinski definition) is 3. The van der Waals surface area contributed by atoms with Crippen LogP contribution in [0.5, 0.6) is 0 Å². The average molecular weight is 286 g/mol. The fourth-order valence-electron chi connectivity index (χ4n) is 3.52. The van der Waals surface area contributed by atoms with E-state index in [2.05, 4.69) is 39.9 Å². The van der Waals surface area contributed by atoms with E-state index in [1.165, 1.54) is 44.9 Å². The van der Waals surface area contributed by atoms with Crippen LogP contribution in [0.3, 0.4) is 0 Å². The van der Waals surface area contributed by atoms with Crippen LogP contribution in [0.1, 0.15) is 79.6 Å². The summed E-state index contributed by atoms with van der Waals surface area (Å²) in [7, 11) is 0. The van der Waals surface area contributed by atoms with Crippen LogP contribution in [-0.2, 0) is 0 Å². The molecule has 0 radical (unpaired) electrons. The van der Waals surface area contributed by atoms with Gasteiger partial charge in [-0.3, -0.25) is 0 Å². The molecule has 1 heterocycles. The Kier molecular flexibility index (Phi) is 9.69. The Hall–Kier alpha value is -0.120. The third-order valence-electron chi connectivity index (χ3n) is 3.90. The van der Waals surface area contributed by atoms with Gasteiger partial charge in [0.1, 0.15) is 0 Å². The lowest BCUT2D eigenvalue weighted by Gasteiger charge is -2.46. The van der Waals surface area contributed by atoms with Crippen molar-refractivity contribution in [3.8, 4) is 0 Å². The highest BCUT2D eigenvalue weighted by atomic mass is 15.0. The van der Waals surface area contributed by atoms with E-state index >= 15 is 0 Å². The third kappa shape index (κ3) is 9.73. The van der Waals surface area contributed by atoms with Crippen molar-refractivity contribution >= 4 is 0 Å². The molecule has 3 nitrogen and oxygen atoms in total. The van der Waals surface area contributed by atoms with Crippen LogP contribution in [0.15, 0.2) is 0 Å². The van der Waals surface area contributed by atoms with E-state index < -0.39 is 0 Å². The zero-order chi connectivity index (χ0) is 15.6. The zero-order valence-corrected chi connectivity index (χ0v) is 14.6. The van der Waals surface area contributed by atoms with Gasteiger partial charge >= 0.3 is 0 Å². The van der Waals surface area contributed by atoms with Gasteiger partial charge in [-0.15, -0.1) is 0 Å². The van der Waals surface area contributed by atoms with Gasteiger partial charge in [0.25, 0.3) is 0 Å². The minimum absolute atomic E-state index is 0.301. The van der Waals surface area contributed by atoms with Gasteiger partial charge < -0.3 is 16.8 Å². The molecule has 0 atom stereocenters. The van der Waals surface area contributed by atoms with Crippen LogP contribution in [0.2, 0.25) is 0 Å². The standard InChI is InChI=1S/C13H28N2.C4H11N/c1-12(2)9-11(7-5-6-8-14)10-13(3,4)15-12;1-2-3-4-5/h11,15H,5-10,14H2,1-4H3;2-5H2,1H3. The van der Waals surface area contributed by atoms with Crippen LogP contribution in [0.4, 0.5) is 0 Å².